The molecule has 1 saturated heterocycles. The molecule has 6 nitrogen and oxygen atoms in total. The van der Waals surface area contributed by atoms with Crippen LogP contribution in [0.3, 0.4) is 0 Å². The van der Waals surface area contributed by atoms with Crippen LogP contribution in [0, 0.1) is 0 Å². The van der Waals surface area contributed by atoms with Crippen LogP contribution in [0.5, 0.6) is 0 Å². The lowest BCUT2D eigenvalue weighted by molar-refractivity contribution is -0.127. The van der Waals surface area contributed by atoms with Gasteiger partial charge in [0.1, 0.15) is 11.6 Å². The quantitative estimate of drug-likeness (QED) is 0.488. The number of hydrogen-bond acceptors (Lipinski definition) is 5. The summed E-state index contributed by atoms with van der Waals surface area (Å²) in [6, 6.07) is 14.7. The lowest BCUT2D eigenvalue weighted by atomic mass is 9.89. The van der Waals surface area contributed by atoms with E-state index in [0.717, 1.165) is 16.8 Å². The molecule has 25 heavy (non-hydrogen) atoms. The van der Waals surface area contributed by atoms with Crippen molar-refractivity contribution in [2.75, 3.05) is 11.0 Å². The zero-order valence-corrected chi connectivity index (χ0v) is 14.7. The molecule has 1 aliphatic rings. The van der Waals surface area contributed by atoms with Gasteiger partial charge in [-0.05, 0) is 35.7 Å². The molecule has 1 fully saturated rings. The zero-order valence-electron chi connectivity index (χ0n) is 13.9. The summed E-state index contributed by atoms with van der Waals surface area (Å²) in [7, 11) is 0. The van der Waals surface area contributed by atoms with Crippen LogP contribution in [0.2, 0.25) is 0 Å². The molecule has 7 heteroatoms. The second kappa shape index (κ2) is 6.78. The maximum atomic E-state index is 11.9. The third-order valence-electron chi connectivity index (χ3n) is 4.26. The highest BCUT2D eigenvalue weighted by atomic mass is 32.2. The van der Waals surface area contributed by atoms with Crippen LogP contribution < -0.4 is 15.4 Å². The molecule has 0 spiro atoms. The maximum Gasteiger partial charge on any atom is 0.322 e. The molecule has 0 radical (unpaired) electrons. The Hall–Kier alpha value is -2.51. The summed E-state index contributed by atoms with van der Waals surface area (Å²) in [6.07, 6.45) is 0.819. The van der Waals surface area contributed by atoms with Gasteiger partial charge in [0.05, 0.1) is 0 Å². The molecule has 0 aliphatic carbocycles. The standard InChI is InChI=1S/C18H19N3O3S/c1-18(16(23)19-17(24)20-18)15(22)12-8-6-11(7-9-12)13-4-3-5-14(10-13)21-25-2/h3-10,15,21-22H,1-2H3,(H2,19,20,23,24). The topological polar surface area (TPSA) is 90.5 Å². The highest BCUT2D eigenvalue weighted by Gasteiger charge is 2.48. The Balaban J connectivity index is 1.84. The third-order valence-corrected chi connectivity index (χ3v) is 4.70. The van der Waals surface area contributed by atoms with E-state index in [9.17, 15) is 14.7 Å². The van der Waals surface area contributed by atoms with E-state index in [0.29, 0.717) is 5.56 Å². The molecule has 0 aromatic heterocycles. The number of carbonyl (C=O) groups excluding carboxylic acids is 2. The highest BCUT2D eigenvalue weighted by Crippen LogP contribution is 2.30. The first-order chi connectivity index (χ1) is 11.9. The van der Waals surface area contributed by atoms with Crippen molar-refractivity contribution >= 4 is 29.6 Å². The number of urea groups is 1. The largest absolute Gasteiger partial charge is 0.385 e. The van der Waals surface area contributed by atoms with Crippen LogP contribution in [0.15, 0.2) is 48.5 Å². The number of nitrogens with one attached hydrogen (secondary N) is 3. The first-order valence-corrected chi connectivity index (χ1v) is 8.97. The summed E-state index contributed by atoms with van der Waals surface area (Å²) in [6.45, 7) is 1.50. The molecule has 2 aromatic rings. The number of hydrogen-bond donors (Lipinski definition) is 4. The molecule has 3 rings (SSSR count). The van der Waals surface area contributed by atoms with Gasteiger partial charge in [-0.3, -0.25) is 10.1 Å². The van der Waals surface area contributed by atoms with E-state index in [1.807, 2.05) is 42.7 Å². The molecule has 130 valence electrons. The van der Waals surface area contributed by atoms with Crippen molar-refractivity contribution in [2.45, 2.75) is 18.6 Å². The van der Waals surface area contributed by atoms with Gasteiger partial charge in [0.2, 0.25) is 0 Å². The van der Waals surface area contributed by atoms with Crippen molar-refractivity contribution in [3.63, 3.8) is 0 Å². The number of imide groups is 1. The number of benzene rings is 2. The summed E-state index contributed by atoms with van der Waals surface area (Å²) >= 11 is 1.52. The Morgan fingerprint density at radius 2 is 1.84 bits per heavy atom. The second-order valence-corrected chi connectivity index (χ2v) is 6.63. The number of anilines is 1. The fourth-order valence-corrected chi connectivity index (χ4v) is 3.18. The van der Waals surface area contributed by atoms with Crippen molar-refractivity contribution in [1.82, 2.24) is 10.6 Å². The minimum atomic E-state index is -1.37. The summed E-state index contributed by atoms with van der Waals surface area (Å²) in [5.74, 6) is -0.537. The first-order valence-electron chi connectivity index (χ1n) is 7.75. The van der Waals surface area contributed by atoms with E-state index < -0.39 is 23.6 Å². The minimum absolute atomic E-state index is 0.537. The van der Waals surface area contributed by atoms with E-state index in [1.165, 1.54) is 18.9 Å². The molecular weight excluding hydrogens is 338 g/mol. The minimum Gasteiger partial charge on any atom is -0.385 e. The summed E-state index contributed by atoms with van der Waals surface area (Å²) in [5.41, 5.74) is 2.22. The van der Waals surface area contributed by atoms with Gasteiger partial charge in [-0.15, -0.1) is 0 Å². The average molecular weight is 357 g/mol. The number of aliphatic hydroxyl groups excluding tert-OH is 1. The molecule has 4 N–H and O–H groups in total. The van der Waals surface area contributed by atoms with Gasteiger partial charge in [-0.2, -0.15) is 0 Å². The smallest absolute Gasteiger partial charge is 0.322 e. The Labute approximate surface area is 150 Å². The van der Waals surface area contributed by atoms with Crippen LogP contribution in [-0.2, 0) is 4.79 Å². The Kier molecular flexibility index (Phi) is 4.69. The fourth-order valence-electron chi connectivity index (χ4n) is 2.82. The molecular formula is C18H19N3O3S. The van der Waals surface area contributed by atoms with Crippen molar-refractivity contribution in [1.29, 1.82) is 0 Å². The molecule has 0 saturated carbocycles. The molecule has 0 bridgehead atoms. The lowest BCUT2D eigenvalue weighted by Gasteiger charge is -2.27. The second-order valence-electron chi connectivity index (χ2n) is 6.02. The maximum absolute atomic E-state index is 11.9. The first kappa shape index (κ1) is 17.3. The Bertz CT molecular complexity index is 809. The van der Waals surface area contributed by atoms with Gasteiger partial charge in [0, 0.05) is 11.9 Å². The number of aliphatic hydroxyl groups is 1. The Morgan fingerprint density at radius 3 is 2.44 bits per heavy atom. The van der Waals surface area contributed by atoms with Gasteiger partial charge in [-0.1, -0.05) is 48.3 Å². The average Bonchev–Trinajstić information content (AvgIpc) is 2.88. The molecule has 2 unspecified atom stereocenters. The molecule has 2 atom stereocenters. The van der Waals surface area contributed by atoms with Crippen LogP contribution in [0.25, 0.3) is 11.1 Å². The van der Waals surface area contributed by atoms with Gasteiger partial charge in [0.25, 0.3) is 5.91 Å². The summed E-state index contributed by atoms with van der Waals surface area (Å²) in [4.78, 5) is 23.3. The molecule has 2 aromatic carbocycles. The van der Waals surface area contributed by atoms with E-state index in [2.05, 4.69) is 15.4 Å². The fraction of sp³-hybridized carbons (Fsp3) is 0.222. The van der Waals surface area contributed by atoms with Gasteiger partial charge >= 0.3 is 6.03 Å². The van der Waals surface area contributed by atoms with Crippen LogP contribution >= 0.6 is 11.9 Å². The number of rotatable bonds is 5. The molecule has 3 amide bonds. The van der Waals surface area contributed by atoms with Crippen molar-refractivity contribution in [2.24, 2.45) is 0 Å². The Morgan fingerprint density at radius 1 is 1.12 bits per heavy atom. The zero-order chi connectivity index (χ0) is 18.0. The predicted octanol–water partition coefficient (Wildman–Crippen LogP) is 2.68. The van der Waals surface area contributed by atoms with E-state index >= 15 is 0 Å². The number of amides is 3. The monoisotopic (exact) mass is 357 g/mol. The van der Waals surface area contributed by atoms with Crippen LogP contribution in [0.4, 0.5) is 10.5 Å². The van der Waals surface area contributed by atoms with Crippen LogP contribution in [0.1, 0.15) is 18.6 Å². The van der Waals surface area contributed by atoms with E-state index in [4.69, 9.17) is 0 Å². The molecule has 1 heterocycles. The van der Waals surface area contributed by atoms with Gasteiger partial charge < -0.3 is 15.1 Å². The SMILES string of the molecule is CSNc1cccc(-c2ccc(C(O)C3(C)NC(=O)NC3=O)cc2)c1. The third kappa shape index (κ3) is 3.33. The van der Waals surface area contributed by atoms with E-state index in [1.54, 1.807) is 12.1 Å². The number of carbonyl (C=O) groups is 2. The summed E-state index contributed by atoms with van der Waals surface area (Å²) < 4.78 is 3.19. The van der Waals surface area contributed by atoms with Crippen LogP contribution in [-0.4, -0.2) is 28.8 Å². The normalized spacial score (nSPS) is 20.8. The highest BCUT2D eigenvalue weighted by molar-refractivity contribution is 7.99. The lowest BCUT2D eigenvalue weighted by Crippen LogP contribution is -2.49. The molecule has 1 aliphatic heterocycles. The predicted molar refractivity (Wildman–Crippen MR) is 99.1 cm³/mol. The van der Waals surface area contributed by atoms with Crippen molar-refractivity contribution in [3.8, 4) is 11.1 Å². The van der Waals surface area contributed by atoms with Gasteiger partial charge in [-0.25, -0.2) is 4.79 Å². The van der Waals surface area contributed by atoms with Gasteiger partial charge in [0.15, 0.2) is 0 Å². The van der Waals surface area contributed by atoms with Crippen molar-refractivity contribution in [3.05, 3.63) is 54.1 Å². The summed E-state index contributed by atoms with van der Waals surface area (Å²) in [5, 5.41) is 15.2. The van der Waals surface area contributed by atoms with E-state index in [-0.39, 0.29) is 0 Å². The van der Waals surface area contributed by atoms with Crippen molar-refractivity contribution < 1.29 is 14.7 Å².